The van der Waals surface area contributed by atoms with Crippen molar-refractivity contribution in [2.75, 3.05) is 26.1 Å². The van der Waals surface area contributed by atoms with Crippen LogP contribution in [0.1, 0.15) is 12.0 Å². The Labute approximate surface area is 178 Å². The normalized spacial score (nSPS) is 11.2. The summed E-state index contributed by atoms with van der Waals surface area (Å²) < 4.78 is 7.02. The number of methoxy groups -OCH3 is 1. The molecule has 160 valence electrons. The van der Waals surface area contributed by atoms with E-state index in [2.05, 4.69) is 15.8 Å². The zero-order chi connectivity index (χ0) is 22.0. The van der Waals surface area contributed by atoms with Gasteiger partial charge in [-0.15, -0.1) is 0 Å². The van der Waals surface area contributed by atoms with E-state index < -0.39 is 0 Å². The molecule has 9 nitrogen and oxygen atoms in total. The molecule has 0 unspecified atom stereocenters. The Morgan fingerprint density at radius 2 is 2.06 bits per heavy atom. The number of hydrogen-bond donors (Lipinski definition) is 3. The summed E-state index contributed by atoms with van der Waals surface area (Å²) in [6.07, 6.45) is 2.00. The van der Waals surface area contributed by atoms with E-state index in [1.54, 1.807) is 23.6 Å². The topological polar surface area (TPSA) is 110 Å². The first-order valence-corrected chi connectivity index (χ1v) is 9.76. The van der Waals surface area contributed by atoms with Gasteiger partial charge in [0.2, 0.25) is 5.91 Å². The Bertz CT molecular complexity index is 1320. The molecule has 0 bridgehead atoms. The van der Waals surface area contributed by atoms with Gasteiger partial charge in [0.1, 0.15) is 22.9 Å². The predicted octanol–water partition coefficient (Wildman–Crippen LogP) is 2.64. The number of nitrogens with one attached hydrogen (secondary N) is 3. The van der Waals surface area contributed by atoms with Crippen molar-refractivity contribution in [3.63, 3.8) is 0 Å². The second-order valence-corrected chi connectivity index (χ2v) is 7.06. The summed E-state index contributed by atoms with van der Waals surface area (Å²) in [6.45, 7) is 2.28. The lowest BCUT2D eigenvalue weighted by atomic mass is 10.1. The predicted molar refractivity (Wildman–Crippen MR) is 118 cm³/mol. The van der Waals surface area contributed by atoms with Gasteiger partial charge in [0, 0.05) is 25.2 Å². The maximum absolute atomic E-state index is 13.0. The van der Waals surface area contributed by atoms with E-state index in [0.717, 1.165) is 10.9 Å². The van der Waals surface area contributed by atoms with E-state index in [9.17, 15) is 9.59 Å². The lowest BCUT2D eigenvalue weighted by Crippen LogP contribution is -2.22. The van der Waals surface area contributed by atoms with Crippen LogP contribution in [0.2, 0.25) is 0 Å². The summed E-state index contributed by atoms with van der Waals surface area (Å²) in [4.78, 5) is 37.8. The average molecular weight is 421 g/mol. The van der Waals surface area contributed by atoms with Gasteiger partial charge in [-0.05, 0) is 42.1 Å². The minimum absolute atomic E-state index is 0.195. The van der Waals surface area contributed by atoms with Crippen molar-refractivity contribution < 1.29 is 14.4 Å². The van der Waals surface area contributed by atoms with Crippen LogP contribution in [0.25, 0.3) is 27.8 Å². The number of aromatic amines is 1. The number of amides is 1. The van der Waals surface area contributed by atoms with Gasteiger partial charge < -0.3 is 19.9 Å². The molecule has 0 fully saturated rings. The van der Waals surface area contributed by atoms with Crippen molar-refractivity contribution in [2.45, 2.75) is 13.3 Å². The van der Waals surface area contributed by atoms with Crippen molar-refractivity contribution in [2.24, 2.45) is 0 Å². The van der Waals surface area contributed by atoms with Crippen LogP contribution in [0.4, 0.5) is 5.82 Å². The van der Waals surface area contributed by atoms with Gasteiger partial charge in [-0.2, -0.15) is 0 Å². The van der Waals surface area contributed by atoms with Crippen LogP contribution >= 0.6 is 0 Å². The number of fused-ring (bicyclic) bond motifs is 2. The summed E-state index contributed by atoms with van der Waals surface area (Å²) >= 11 is 0. The number of hydrogen-bond acceptors (Lipinski definition) is 6. The van der Waals surface area contributed by atoms with Crippen LogP contribution in [-0.2, 0) is 9.63 Å². The SMILES string of the molecule is CONCCC(=O)Nc1c(-c2cc3ccc(OC)cc3[nH]c2=O)nc2c(C)cccn12. The Morgan fingerprint density at radius 1 is 1.23 bits per heavy atom. The van der Waals surface area contributed by atoms with Crippen LogP contribution in [-0.4, -0.2) is 41.0 Å². The zero-order valence-corrected chi connectivity index (χ0v) is 17.5. The number of hydroxylamine groups is 1. The Kier molecular flexibility index (Phi) is 5.70. The number of H-pyrrole nitrogens is 1. The van der Waals surface area contributed by atoms with Gasteiger partial charge in [0.05, 0.1) is 25.3 Å². The standard InChI is InChI=1S/C22H23N5O4/c1-13-5-4-10-27-20(13)26-19(21(27)25-18(28)8-9-23-31-3)16-11-14-6-7-15(30-2)12-17(14)24-22(16)29/h4-7,10-12,23H,8-9H2,1-3H3,(H,24,29)(H,25,28). The molecule has 0 radical (unpaired) electrons. The third-order valence-corrected chi connectivity index (χ3v) is 5.01. The highest BCUT2D eigenvalue weighted by Gasteiger charge is 2.20. The van der Waals surface area contributed by atoms with Crippen LogP contribution in [0.3, 0.4) is 0 Å². The number of aromatic nitrogens is 3. The third kappa shape index (κ3) is 4.00. The summed E-state index contributed by atoms with van der Waals surface area (Å²) in [6, 6.07) is 11.0. The van der Waals surface area contributed by atoms with E-state index in [0.29, 0.717) is 40.5 Å². The fraction of sp³-hybridized carbons (Fsp3) is 0.227. The Hall–Kier alpha value is -3.69. The van der Waals surface area contributed by atoms with Crippen molar-refractivity contribution in [1.82, 2.24) is 19.8 Å². The molecule has 0 aliphatic heterocycles. The first kappa shape index (κ1) is 20.6. The van der Waals surface area contributed by atoms with E-state index in [1.807, 2.05) is 37.4 Å². The Balaban J connectivity index is 1.85. The second-order valence-electron chi connectivity index (χ2n) is 7.06. The molecular weight excluding hydrogens is 398 g/mol. The lowest BCUT2D eigenvalue weighted by Gasteiger charge is -2.09. The summed E-state index contributed by atoms with van der Waals surface area (Å²) in [7, 11) is 3.06. The van der Waals surface area contributed by atoms with Gasteiger partial charge in [-0.3, -0.25) is 14.0 Å². The van der Waals surface area contributed by atoms with Crippen LogP contribution < -0.4 is 21.1 Å². The van der Waals surface area contributed by atoms with E-state index in [1.165, 1.54) is 7.11 Å². The summed E-state index contributed by atoms with van der Waals surface area (Å²) in [5.74, 6) is 0.868. The van der Waals surface area contributed by atoms with Crippen molar-refractivity contribution >= 4 is 28.3 Å². The fourth-order valence-corrected chi connectivity index (χ4v) is 3.46. The molecule has 4 rings (SSSR count). The number of rotatable bonds is 7. The number of aryl methyl sites for hydroxylation is 1. The quantitative estimate of drug-likeness (QED) is 0.313. The molecule has 9 heteroatoms. The highest BCUT2D eigenvalue weighted by atomic mass is 16.6. The number of benzene rings is 1. The molecule has 3 N–H and O–H groups in total. The molecule has 4 aromatic rings. The molecular formula is C22H23N5O4. The average Bonchev–Trinajstić information content (AvgIpc) is 3.12. The third-order valence-electron chi connectivity index (χ3n) is 5.01. The van der Waals surface area contributed by atoms with Gasteiger partial charge in [-0.25, -0.2) is 10.5 Å². The lowest BCUT2D eigenvalue weighted by molar-refractivity contribution is -0.116. The maximum atomic E-state index is 13.0. The van der Waals surface area contributed by atoms with Gasteiger partial charge in [0.15, 0.2) is 0 Å². The number of carbonyl (C=O) groups is 1. The fourth-order valence-electron chi connectivity index (χ4n) is 3.46. The number of nitrogens with zero attached hydrogens (tertiary/aromatic N) is 2. The molecule has 1 aromatic carbocycles. The molecule has 0 aliphatic carbocycles. The molecule has 3 aromatic heterocycles. The van der Waals surface area contributed by atoms with Crippen molar-refractivity contribution in [3.8, 4) is 17.0 Å². The molecule has 0 atom stereocenters. The minimum Gasteiger partial charge on any atom is -0.497 e. The van der Waals surface area contributed by atoms with E-state index in [-0.39, 0.29) is 17.9 Å². The second kappa shape index (κ2) is 8.58. The number of anilines is 1. The first-order chi connectivity index (χ1) is 15.0. The number of ether oxygens (including phenoxy) is 1. The van der Waals surface area contributed by atoms with Gasteiger partial charge >= 0.3 is 0 Å². The molecule has 3 heterocycles. The molecule has 0 saturated carbocycles. The highest BCUT2D eigenvalue weighted by molar-refractivity contribution is 5.96. The largest absolute Gasteiger partial charge is 0.497 e. The number of imidazole rings is 1. The monoisotopic (exact) mass is 421 g/mol. The first-order valence-electron chi connectivity index (χ1n) is 9.76. The van der Waals surface area contributed by atoms with E-state index in [4.69, 9.17) is 14.6 Å². The summed E-state index contributed by atoms with van der Waals surface area (Å²) in [5, 5.41) is 3.73. The molecule has 0 saturated heterocycles. The van der Waals surface area contributed by atoms with E-state index >= 15 is 0 Å². The smallest absolute Gasteiger partial charge is 0.258 e. The van der Waals surface area contributed by atoms with Gasteiger partial charge in [-0.1, -0.05) is 6.07 Å². The Morgan fingerprint density at radius 3 is 2.84 bits per heavy atom. The summed E-state index contributed by atoms with van der Waals surface area (Å²) in [5.41, 5.74) is 5.35. The van der Waals surface area contributed by atoms with Crippen LogP contribution in [0.15, 0.2) is 47.4 Å². The molecule has 0 spiro atoms. The zero-order valence-electron chi connectivity index (χ0n) is 17.5. The van der Waals surface area contributed by atoms with Crippen LogP contribution in [0.5, 0.6) is 5.75 Å². The highest BCUT2D eigenvalue weighted by Crippen LogP contribution is 2.30. The molecule has 1 amide bonds. The molecule has 0 aliphatic rings. The van der Waals surface area contributed by atoms with Gasteiger partial charge in [0.25, 0.3) is 5.56 Å². The minimum atomic E-state index is -0.307. The molecule has 31 heavy (non-hydrogen) atoms. The van der Waals surface area contributed by atoms with Crippen molar-refractivity contribution in [1.29, 1.82) is 0 Å². The number of pyridine rings is 2. The van der Waals surface area contributed by atoms with Crippen LogP contribution in [0, 0.1) is 6.92 Å². The number of carbonyl (C=O) groups excluding carboxylic acids is 1. The maximum Gasteiger partial charge on any atom is 0.258 e. The van der Waals surface area contributed by atoms with Crippen molar-refractivity contribution in [3.05, 3.63) is 58.5 Å².